The molecule has 1 saturated heterocycles. The SMILES string of the molecule is Cc1cc(C(=O)N2C[C@@H]3COc4ccccc4C[C@]3(C(=O)O)C2)cnc1C. The van der Waals surface area contributed by atoms with Crippen molar-refractivity contribution in [3.8, 4) is 5.75 Å². The van der Waals surface area contributed by atoms with E-state index in [1.807, 2.05) is 44.2 Å². The molecule has 2 atom stereocenters. The molecule has 1 N–H and O–H groups in total. The second-order valence-corrected chi connectivity index (χ2v) is 7.57. The highest BCUT2D eigenvalue weighted by molar-refractivity contribution is 5.95. The van der Waals surface area contributed by atoms with Crippen LogP contribution in [0.4, 0.5) is 0 Å². The van der Waals surface area contributed by atoms with Crippen LogP contribution in [-0.4, -0.2) is 46.6 Å². The van der Waals surface area contributed by atoms with E-state index in [1.54, 1.807) is 11.1 Å². The predicted molar refractivity (Wildman–Crippen MR) is 98.8 cm³/mol. The number of amides is 1. The smallest absolute Gasteiger partial charge is 0.312 e. The average molecular weight is 366 g/mol. The number of hydrogen-bond donors (Lipinski definition) is 1. The third kappa shape index (κ3) is 2.85. The zero-order valence-electron chi connectivity index (χ0n) is 15.4. The summed E-state index contributed by atoms with van der Waals surface area (Å²) >= 11 is 0. The molecule has 2 aliphatic heterocycles. The molecular weight excluding hydrogens is 344 g/mol. The van der Waals surface area contributed by atoms with Crippen molar-refractivity contribution in [3.05, 3.63) is 58.9 Å². The number of carboxylic acid groups (broad SMARTS) is 1. The number of pyridine rings is 1. The Morgan fingerprint density at radius 1 is 1.30 bits per heavy atom. The molecule has 0 aliphatic carbocycles. The van der Waals surface area contributed by atoms with E-state index < -0.39 is 11.4 Å². The Morgan fingerprint density at radius 3 is 2.81 bits per heavy atom. The van der Waals surface area contributed by atoms with Crippen molar-refractivity contribution in [3.63, 3.8) is 0 Å². The molecule has 4 rings (SSSR count). The van der Waals surface area contributed by atoms with Gasteiger partial charge in [-0.05, 0) is 43.5 Å². The lowest BCUT2D eigenvalue weighted by molar-refractivity contribution is -0.150. The highest BCUT2D eigenvalue weighted by Crippen LogP contribution is 2.44. The first-order valence-corrected chi connectivity index (χ1v) is 9.07. The van der Waals surface area contributed by atoms with E-state index in [0.29, 0.717) is 18.5 Å². The molecule has 27 heavy (non-hydrogen) atoms. The first-order chi connectivity index (χ1) is 12.9. The summed E-state index contributed by atoms with van der Waals surface area (Å²) in [5.41, 5.74) is 2.17. The maximum atomic E-state index is 13.0. The molecule has 1 aromatic heterocycles. The van der Waals surface area contributed by atoms with Crippen LogP contribution in [0, 0.1) is 25.2 Å². The van der Waals surface area contributed by atoms with E-state index in [-0.39, 0.29) is 25.0 Å². The Hall–Kier alpha value is -2.89. The lowest BCUT2D eigenvalue weighted by atomic mass is 9.74. The summed E-state index contributed by atoms with van der Waals surface area (Å²) in [4.78, 5) is 31.2. The summed E-state index contributed by atoms with van der Waals surface area (Å²) in [6.45, 7) is 4.64. The maximum Gasteiger partial charge on any atom is 0.312 e. The summed E-state index contributed by atoms with van der Waals surface area (Å²) in [6, 6.07) is 9.36. The number of para-hydroxylation sites is 1. The van der Waals surface area contributed by atoms with Crippen molar-refractivity contribution < 1.29 is 19.4 Å². The molecule has 1 fully saturated rings. The zero-order valence-corrected chi connectivity index (χ0v) is 15.4. The lowest BCUT2D eigenvalue weighted by Crippen LogP contribution is -2.42. The Bertz CT molecular complexity index is 926. The van der Waals surface area contributed by atoms with E-state index in [4.69, 9.17) is 4.74 Å². The van der Waals surface area contributed by atoms with Gasteiger partial charge in [0, 0.05) is 30.9 Å². The molecule has 140 valence electrons. The summed E-state index contributed by atoms with van der Waals surface area (Å²) in [6.07, 6.45) is 1.93. The molecule has 0 saturated carbocycles. The topological polar surface area (TPSA) is 79.7 Å². The minimum Gasteiger partial charge on any atom is -0.493 e. The second kappa shape index (κ2) is 6.37. The van der Waals surface area contributed by atoms with Crippen LogP contribution in [0.15, 0.2) is 36.5 Å². The van der Waals surface area contributed by atoms with Gasteiger partial charge >= 0.3 is 5.97 Å². The monoisotopic (exact) mass is 366 g/mol. The van der Waals surface area contributed by atoms with Gasteiger partial charge in [-0.25, -0.2) is 0 Å². The normalized spacial score (nSPS) is 23.8. The first-order valence-electron chi connectivity index (χ1n) is 9.07. The molecule has 6 nitrogen and oxygen atoms in total. The van der Waals surface area contributed by atoms with E-state index in [9.17, 15) is 14.7 Å². The Morgan fingerprint density at radius 2 is 2.07 bits per heavy atom. The van der Waals surface area contributed by atoms with E-state index >= 15 is 0 Å². The van der Waals surface area contributed by atoms with Crippen LogP contribution in [0.5, 0.6) is 5.75 Å². The van der Waals surface area contributed by atoms with Gasteiger partial charge in [-0.15, -0.1) is 0 Å². The highest BCUT2D eigenvalue weighted by Gasteiger charge is 2.55. The molecule has 1 aromatic carbocycles. The van der Waals surface area contributed by atoms with Gasteiger partial charge in [-0.3, -0.25) is 14.6 Å². The highest BCUT2D eigenvalue weighted by atomic mass is 16.5. The van der Waals surface area contributed by atoms with Crippen LogP contribution in [-0.2, 0) is 11.2 Å². The van der Waals surface area contributed by atoms with Crippen molar-refractivity contribution in [1.29, 1.82) is 0 Å². The van der Waals surface area contributed by atoms with Crippen LogP contribution in [0.3, 0.4) is 0 Å². The fourth-order valence-electron chi connectivity index (χ4n) is 4.12. The number of aryl methyl sites for hydroxylation is 2. The molecular formula is C21H22N2O4. The van der Waals surface area contributed by atoms with Crippen LogP contribution in [0.2, 0.25) is 0 Å². The van der Waals surface area contributed by atoms with Crippen molar-refractivity contribution in [2.45, 2.75) is 20.3 Å². The van der Waals surface area contributed by atoms with Gasteiger partial charge in [0.05, 0.1) is 17.6 Å². The molecule has 0 bridgehead atoms. The molecule has 1 amide bonds. The molecule has 3 heterocycles. The van der Waals surface area contributed by atoms with Crippen LogP contribution < -0.4 is 4.74 Å². The van der Waals surface area contributed by atoms with Gasteiger partial charge in [-0.1, -0.05) is 18.2 Å². The zero-order chi connectivity index (χ0) is 19.2. The van der Waals surface area contributed by atoms with Gasteiger partial charge in [0.1, 0.15) is 5.75 Å². The minimum atomic E-state index is -1.03. The van der Waals surface area contributed by atoms with Crippen LogP contribution >= 0.6 is 0 Å². The number of carboxylic acids is 1. The fraction of sp³-hybridized carbons (Fsp3) is 0.381. The van der Waals surface area contributed by atoms with E-state index in [0.717, 1.165) is 22.6 Å². The van der Waals surface area contributed by atoms with Crippen molar-refractivity contribution in [2.24, 2.45) is 11.3 Å². The number of carbonyl (C=O) groups is 2. The molecule has 0 unspecified atom stereocenters. The number of aromatic nitrogens is 1. The van der Waals surface area contributed by atoms with Gasteiger partial charge in [0.15, 0.2) is 0 Å². The van der Waals surface area contributed by atoms with E-state index in [1.165, 1.54) is 0 Å². The summed E-state index contributed by atoms with van der Waals surface area (Å²) in [7, 11) is 0. The van der Waals surface area contributed by atoms with Crippen LogP contribution in [0.25, 0.3) is 0 Å². The number of rotatable bonds is 2. The van der Waals surface area contributed by atoms with Crippen molar-refractivity contribution >= 4 is 11.9 Å². The number of fused-ring (bicyclic) bond motifs is 2. The Labute approximate surface area is 157 Å². The quantitative estimate of drug-likeness (QED) is 0.883. The van der Waals surface area contributed by atoms with Crippen molar-refractivity contribution in [1.82, 2.24) is 9.88 Å². The first kappa shape index (κ1) is 17.5. The van der Waals surface area contributed by atoms with Gasteiger partial charge < -0.3 is 14.7 Å². The van der Waals surface area contributed by atoms with Gasteiger partial charge in [-0.2, -0.15) is 0 Å². The Kier molecular flexibility index (Phi) is 4.13. The third-order valence-corrected chi connectivity index (χ3v) is 5.91. The molecule has 2 aliphatic rings. The number of ether oxygens (including phenoxy) is 1. The number of aliphatic carboxylic acids is 1. The lowest BCUT2D eigenvalue weighted by Gasteiger charge is -2.27. The van der Waals surface area contributed by atoms with Gasteiger partial charge in [0.2, 0.25) is 0 Å². The predicted octanol–water partition coefficient (Wildman–Crippen LogP) is 2.48. The number of carbonyl (C=O) groups excluding carboxylic acids is 1. The fourth-order valence-corrected chi connectivity index (χ4v) is 4.12. The Balaban J connectivity index is 1.66. The summed E-state index contributed by atoms with van der Waals surface area (Å²) in [5.74, 6) is -0.566. The van der Waals surface area contributed by atoms with E-state index in [2.05, 4.69) is 4.98 Å². The summed E-state index contributed by atoms with van der Waals surface area (Å²) < 4.78 is 5.89. The standard InChI is InChI=1S/C21H22N2O4/c1-13-7-16(9-22-14(13)2)19(24)23-10-17-11-27-18-6-4-3-5-15(18)8-21(17,12-23)20(25)26/h3-7,9,17H,8,10-12H2,1-2H3,(H,25,26)/t17-,21+/m1/s1. The van der Waals surface area contributed by atoms with Gasteiger partial charge in [0.25, 0.3) is 5.91 Å². The summed E-state index contributed by atoms with van der Waals surface area (Å²) in [5, 5.41) is 10.1. The van der Waals surface area contributed by atoms with Crippen molar-refractivity contribution in [2.75, 3.05) is 19.7 Å². The maximum absolute atomic E-state index is 13.0. The third-order valence-electron chi connectivity index (χ3n) is 5.91. The second-order valence-electron chi connectivity index (χ2n) is 7.57. The largest absolute Gasteiger partial charge is 0.493 e. The minimum absolute atomic E-state index is 0.174. The molecule has 6 heteroatoms. The number of hydrogen-bond acceptors (Lipinski definition) is 4. The number of likely N-dealkylation sites (tertiary alicyclic amines) is 1. The molecule has 2 aromatic rings. The molecule has 0 radical (unpaired) electrons. The average Bonchev–Trinajstić information content (AvgIpc) is 2.94. The van der Waals surface area contributed by atoms with Crippen LogP contribution in [0.1, 0.15) is 27.2 Å². The number of nitrogens with zero attached hydrogens (tertiary/aromatic N) is 2. The molecule has 0 spiro atoms. The number of benzene rings is 1.